The number of ether oxygens (including phenoxy) is 1. The molecule has 0 bridgehead atoms. The van der Waals surface area contributed by atoms with Gasteiger partial charge in [-0.3, -0.25) is 4.79 Å². The van der Waals surface area contributed by atoms with E-state index >= 15 is 0 Å². The summed E-state index contributed by atoms with van der Waals surface area (Å²) in [6.45, 7) is 2.47. The van der Waals surface area contributed by atoms with Gasteiger partial charge in [-0.05, 0) is 24.3 Å². The highest BCUT2D eigenvalue weighted by Crippen LogP contribution is 2.31. The van der Waals surface area contributed by atoms with Crippen LogP contribution in [-0.2, 0) is 4.74 Å². The van der Waals surface area contributed by atoms with Gasteiger partial charge in [-0.25, -0.2) is 4.39 Å². The molecule has 0 amide bonds. The van der Waals surface area contributed by atoms with Crippen LogP contribution in [0, 0.1) is 5.82 Å². The first kappa shape index (κ1) is 16.0. The zero-order chi connectivity index (χ0) is 18.4. The first-order valence-electron chi connectivity index (χ1n) is 8.84. The fraction of sp³-hybridized carbons (Fsp3) is 0.200. The van der Waals surface area contributed by atoms with Crippen molar-refractivity contribution in [2.24, 2.45) is 0 Å². The molecule has 5 rings (SSSR count). The van der Waals surface area contributed by atoms with E-state index in [1.807, 2.05) is 35.2 Å². The van der Waals surface area contributed by atoms with Crippen molar-refractivity contribution < 1.29 is 9.13 Å². The summed E-state index contributed by atoms with van der Waals surface area (Å²) in [5.41, 5.74) is 2.65. The number of anilines is 1. The lowest BCUT2D eigenvalue weighted by Gasteiger charge is -2.29. The predicted molar refractivity (Wildman–Crippen MR) is 101 cm³/mol. The average molecular weight is 364 g/mol. The maximum absolute atomic E-state index is 14.9. The number of nitrogens with zero attached hydrogens (tertiary/aromatic N) is 3. The number of halogens is 1. The number of nitrogens with one attached hydrogen (secondary N) is 1. The van der Waals surface area contributed by atoms with Crippen LogP contribution in [0.15, 0.2) is 53.5 Å². The summed E-state index contributed by atoms with van der Waals surface area (Å²) in [5, 5.41) is 5.07. The molecule has 0 spiro atoms. The molecule has 1 N–H and O–H groups in total. The molecule has 1 saturated heterocycles. The number of pyridine rings is 1. The summed E-state index contributed by atoms with van der Waals surface area (Å²) in [4.78, 5) is 17.8. The van der Waals surface area contributed by atoms with Crippen molar-refractivity contribution in [3.05, 3.63) is 64.8 Å². The van der Waals surface area contributed by atoms with Gasteiger partial charge in [-0.1, -0.05) is 18.2 Å². The summed E-state index contributed by atoms with van der Waals surface area (Å²) in [5.74, 6) is -0.327. The highest BCUT2D eigenvalue weighted by atomic mass is 19.1. The third-order valence-electron chi connectivity index (χ3n) is 4.94. The molecule has 3 heterocycles. The Morgan fingerprint density at radius 3 is 2.67 bits per heavy atom. The second-order valence-electron chi connectivity index (χ2n) is 6.55. The van der Waals surface area contributed by atoms with Crippen LogP contribution in [-0.4, -0.2) is 41.1 Å². The van der Waals surface area contributed by atoms with Crippen LogP contribution in [0.25, 0.3) is 27.8 Å². The second kappa shape index (κ2) is 6.21. The van der Waals surface area contributed by atoms with Crippen LogP contribution >= 0.6 is 0 Å². The molecule has 3 aliphatic rings. The van der Waals surface area contributed by atoms with E-state index in [-0.39, 0.29) is 11.4 Å². The van der Waals surface area contributed by atoms with Crippen LogP contribution in [0.5, 0.6) is 0 Å². The fourth-order valence-electron chi connectivity index (χ4n) is 3.56. The Morgan fingerprint density at radius 1 is 1.11 bits per heavy atom. The summed E-state index contributed by atoms with van der Waals surface area (Å²) < 4.78 is 21.6. The number of benzene rings is 2. The summed E-state index contributed by atoms with van der Waals surface area (Å²) in [6, 6.07) is 12.4. The molecule has 136 valence electrons. The van der Waals surface area contributed by atoms with Crippen molar-refractivity contribution in [1.82, 2.24) is 14.8 Å². The highest BCUT2D eigenvalue weighted by Gasteiger charge is 2.22. The summed E-state index contributed by atoms with van der Waals surface area (Å²) in [6.07, 6.45) is 1.65. The minimum Gasteiger partial charge on any atom is -0.378 e. The first-order valence-corrected chi connectivity index (χ1v) is 8.84. The van der Waals surface area contributed by atoms with Gasteiger partial charge in [0.1, 0.15) is 11.5 Å². The van der Waals surface area contributed by atoms with Gasteiger partial charge in [0.05, 0.1) is 30.2 Å². The van der Waals surface area contributed by atoms with E-state index < -0.39 is 0 Å². The molecule has 27 heavy (non-hydrogen) atoms. The minimum atomic E-state index is -0.327. The molecular formula is C20H17FN4O2. The number of morpholine rings is 1. The van der Waals surface area contributed by atoms with Crippen LogP contribution in [0.3, 0.4) is 0 Å². The van der Waals surface area contributed by atoms with Gasteiger partial charge in [0.2, 0.25) is 0 Å². The molecule has 2 aromatic rings. The largest absolute Gasteiger partial charge is 0.378 e. The lowest BCUT2D eigenvalue weighted by atomic mass is 10.1. The number of aromatic amines is 1. The van der Waals surface area contributed by atoms with Gasteiger partial charge in [-0.2, -0.15) is 9.78 Å². The molecule has 0 aliphatic carbocycles. The molecule has 7 heteroatoms. The molecule has 0 radical (unpaired) electrons. The monoisotopic (exact) mass is 364 g/mol. The molecule has 0 atom stereocenters. The molecular weight excluding hydrogens is 347 g/mol. The maximum atomic E-state index is 14.9. The number of aromatic nitrogens is 3. The van der Waals surface area contributed by atoms with Crippen molar-refractivity contribution in [2.45, 2.75) is 0 Å². The topological polar surface area (TPSA) is 63.1 Å². The molecule has 1 fully saturated rings. The number of rotatable bonds is 2. The normalized spacial score (nSPS) is 14.9. The van der Waals surface area contributed by atoms with E-state index in [9.17, 15) is 9.18 Å². The Morgan fingerprint density at radius 2 is 1.89 bits per heavy atom. The number of fused-ring (bicyclic) bond motifs is 3. The maximum Gasteiger partial charge on any atom is 0.282 e. The van der Waals surface area contributed by atoms with E-state index in [0.29, 0.717) is 54.3 Å². The van der Waals surface area contributed by atoms with E-state index in [1.165, 1.54) is 10.7 Å². The number of para-hydroxylation sites is 1. The SMILES string of the molecule is O=c1c2c[nH]c3cc(N4CCOCC4)c(F)cc3c-2nn1-c1ccccc1. The standard InChI is InChI=1S/C20H17FN4O2/c21-16-10-14-17(11-18(16)24-6-8-27-9-7-24)22-12-15-19(14)23-25(20(15)26)13-4-2-1-3-5-13/h1-5,10-12,22H,6-9H2. The van der Waals surface area contributed by atoms with Gasteiger partial charge in [0, 0.05) is 30.2 Å². The van der Waals surface area contributed by atoms with Gasteiger partial charge in [0.15, 0.2) is 0 Å². The molecule has 6 nitrogen and oxygen atoms in total. The Hall–Kier alpha value is -3.19. The van der Waals surface area contributed by atoms with Crippen LogP contribution in [0.1, 0.15) is 0 Å². The minimum absolute atomic E-state index is 0.230. The zero-order valence-corrected chi connectivity index (χ0v) is 14.5. The van der Waals surface area contributed by atoms with Crippen molar-refractivity contribution in [3.8, 4) is 16.9 Å². The Bertz CT molecular complexity index is 1150. The van der Waals surface area contributed by atoms with Gasteiger partial charge in [-0.15, -0.1) is 0 Å². The molecule has 0 unspecified atom stereocenters. The Labute approximate surface area is 154 Å². The number of hydrogen-bond donors (Lipinski definition) is 1. The quantitative estimate of drug-likeness (QED) is 0.594. The Kier molecular flexibility index (Phi) is 3.68. The highest BCUT2D eigenvalue weighted by molar-refractivity contribution is 5.95. The first-order chi connectivity index (χ1) is 13.2. The van der Waals surface area contributed by atoms with Gasteiger partial charge >= 0.3 is 0 Å². The predicted octanol–water partition coefficient (Wildman–Crippen LogP) is 2.79. The van der Waals surface area contributed by atoms with Crippen molar-refractivity contribution in [2.75, 3.05) is 31.2 Å². The van der Waals surface area contributed by atoms with Crippen LogP contribution in [0.4, 0.5) is 10.1 Å². The number of H-pyrrole nitrogens is 1. The second-order valence-corrected chi connectivity index (χ2v) is 6.55. The molecule has 2 aromatic carbocycles. The third-order valence-corrected chi connectivity index (χ3v) is 4.94. The van der Waals surface area contributed by atoms with Crippen LogP contribution in [0.2, 0.25) is 0 Å². The van der Waals surface area contributed by atoms with Crippen molar-refractivity contribution >= 4 is 16.6 Å². The smallest absolute Gasteiger partial charge is 0.282 e. The van der Waals surface area contributed by atoms with Gasteiger partial charge in [0.25, 0.3) is 5.56 Å². The van der Waals surface area contributed by atoms with Gasteiger partial charge < -0.3 is 14.6 Å². The van der Waals surface area contributed by atoms with Crippen molar-refractivity contribution in [3.63, 3.8) is 0 Å². The third kappa shape index (κ3) is 2.59. The van der Waals surface area contributed by atoms with E-state index in [4.69, 9.17) is 4.74 Å². The summed E-state index contributed by atoms with van der Waals surface area (Å²) >= 11 is 0. The molecule has 0 saturated carbocycles. The lowest BCUT2D eigenvalue weighted by molar-refractivity contribution is 0.122. The van der Waals surface area contributed by atoms with Crippen LogP contribution < -0.4 is 10.5 Å². The number of hydrogen-bond acceptors (Lipinski definition) is 4. The fourth-order valence-corrected chi connectivity index (χ4v) is 3.56. The van der Waals surface area contributed by atoms with E-state index in [2.05, 4.69) is 10.1 Å². The zero-order valence-electron chi connectivity index (χ0n) is 14.5. The molecule has 3 aliphatic heterocycles. The Balaban J connectivity index is 1.70. The van der Waals surface area contributed by atoms with E-state index in [0.717, 1.165) is 5.52 Å². The lowest BCUT2D eigenvalue weighted by Crippen LogP contribution is -2.36. The van der Waals surface area contributed by atoms with Crippen molar-refractivity contribution in [1.29, 1.82) is 0 Å². The molecule has 0 aromatic heterocycles. The average Bonchev–Trinajstić information content (AvgIpc) is 3.06. The summed E-state index contributed by atoms with van der Waals surface area (Å²) in [7, 11) is 0. The van der Waals surface area contributed by atoms with E-state index in [1.54, 1.807) is 12.3 Å².